The highest BCUT2D eigenvalue weighted by atomic mass is 35.5. The van der Waals surface area contributed by atoms with Crippen LogP contribution in [0.2, 0.25) is 5.02 Å². The van der Waals surface area contributed by atoms with Crippen molar-refractivity contribution in [1.29, 1.82) is 0 Å². The molecule has 194 valence electrons. The molecule has 4 heterocycles. The van der Waals surface area contributed by atoms with E-state index in [1.54, 1.807) is 4.90 Å². The number of pyridine rings is 1. The van der Waals surface area contributed by atoms with Crippen molar-refractivity contribution in [3.05, 3.63) is 65.0 Å². The summed E-state index contributed by atoms with van der Waals surface area (Å²) in [5.74, 6) is -0.897. The summed E-state index contributed by atoms with van der Waals surface area (Å²) >= 11 is 5.77. The van der Waals surface area contributed by atoms with Crippen molar-refractivity contribution < 1.29 is 32.2 Å². The Morgan fingerprint density at radius 1 is 1.30 bits per heavy atom. The van der Waals surface area contributed by atoms with Crippen LogP contribution in [0.15, 0.2) is 42.9 Å². The second kappa shape index (κ2) is 10.3. The summed E-state index contributed by atoms with van der Waals surface area (Å²) in [4.78, 5) is 30.4. The average molecular weight is 536 g/mol. The molecule has 0 radical (unpaired) electrons. The van der Waals surface area contributed by atoms with Gasteiger partial charge in [0.2, 0.25) is 0 Å². The number of fused-ring (bicyclic) bond motifs is 1. The zero-order chi connectivity index (χ0) is 26.1. The molecule has 1 aromatic carbocycles. The quantitative estimate of drug-likeness (QED) is 0.481. The van der Waals surface area contributed by atoms with Gasteiger partial charge >= 0.3 is 12.6 Å². The Morgan fingerprint density at radius 2 is 2.14 bits per heavy atom. The number of ether oxygens (including phenoxy) is 2. The average Bonchev–Trinajstić information content (AvgIpc) is 3.51. The lowest BCUT2D eigenvalue weighted by molar-refractivity contribution is 0.0566. The third-order valence-electron chi connectivity index (χ3n) is 6.26. The summed E-state index contributed by atoms with van der Waals surface area (Å²) in [5, 5.41) is 6.51. The first-order valence-electron chi connectivity index (χ1n) is 11.4. The smallest absolute Gasteiger partial charge is 0.410 e. The minimum Gasteiger partial charge on any atom is -0.489 e. The maximum atomic E-state index is 14.1. The fourth-order valence-electron chi connectivity index (χ4n) is 4.34. The Kier molecular flexibility index (Phi) is 6.92. The van der Waals surface area contributed by atoms with Crippen LogP contribution in [0.25, 0.3) is 11.1 Å². The Bertz CT molecular complexity index is 1340. The summed E-state index contributed by atoms with van der Waals surface area (Å²) in [6.45, 7) is -2.22. The van der Waals surface area contributed by atoms with Gasteiger partial charge in [0.15, 0.2) is 0 Å². The minimum atomic E-state index is -2.83. The standard InChI is InChI=1S/C24H21ClF3N5O4/c25-15-2-1-13(19(26)5-15)8-30-22(34)20-7-21(18(10-29-20)14-9-31-33(11-14)23(27)28)37-17-3-4-32-16(6-17)12-36-24(32)35/h1-2,5,7,9-11,16-17,23H,3-4,6,8,12H2,(H,30,34)/t16-,17-/m0/s1. The van der Waals surface area contributed by atoms with E-state index in [0.717, 1.165) is 12.3 Å². The molecule has 0 bridgehead atoms. The van der Waals surface area contributed by atoms with E-state index in [0.29, 0.717) is 35.2 Å². The van der Waals surface area contributed by atoms with Crippen molar-refractivity contribution in [2.75, 3.05) is 13.2 Å². The van der Waals surface area contributed by atoms with Gasteiger partial charge in [0.05, 0.1) is 12.2 Å². The molecule has 0 aliphatic carbocycles. The first kappa shape index (κ1) is 24.9. The number of nitrogens with zero attached hydrogens (tertiary/aromatic N) is 4. The van der Waals surface area contributed by atoms with Crippen molar-refractivity contribution in [2.24, 2.45) is 0 Å². The number of aromatic nitrogens is 3. The molecule has 1 N–H and O–H groups in total. The molecular formula is C24H21ClF3N5O4. The molecule has 2 saturated heterocycles. The van der Waals surface area contributed by atoms with Crippen molar-refractivity contribution in [3.8, 4) is 16.9 Å². The first-order valence-corrected chi connectivity index (χ1v) is 11.8. The zero-order valence-corrected chi connectivity index (χ0v) is 20.0. The Morgan fingerprint density at radius 3 is 2.89 bits per heavy atom. The van der Waals surface area contributed by atoms with E-state index in [9.17, 15) is 22.8 Å². The number of carbonyl (C=O) groups is 2. The lowest BCUT2D eigenvalue weighted by Crippen LogP contribution is -2.44. The highest BCUT2D eigenvalue weighted by Gasteiger charge is 2.39. The van der Waals surface area contributed by atoms with Gasteiger partial charge in [-0.3, -0.25) is 9.78 Å². The van der Waals surface area contributed by atoms with Gasteiger partial charge in [-0.2, -0.15) is 13.9 Å². The molecule has 0 spiro atoms. The van der Waals surface area contributed by atoms with E-state index < -0.39 is 18.3 Å². The third kappa shape index (κ3) is 5.33. The first-order chi connectivity index (χ1) is 17.8. The summed E-state index contributed by atoms with van der Waals surface area (Å²) in [6, 6.07) is 5.41. The summed E-state index contributed by atoms with van der Waals surface area (Å²) in [5.41, 5.74) is 0.930. The Balaban J connectivity index is 1.38. The third-order valence-corrected chi connectivity index (χ3v) is 6.50. The van der Waals surface area contributed by atoms with Crippen LogP contribution >= 0.6 is 11.6 Å². The van der Waals surface area contributed by atoms with Gasteiger partial charge in [0, 0.05) is 66.1 Å². The number of nitrogens with one attached hydrogen (secondary N) is 1. The zero-order valence-electron chi connectivity index (χ0n) is 19.2. The SMILES string of the molecule is O=C(NCc1ccc(Cl)cc1F)c1cc(O[C@H]2CCN3C(=O)OC[C@@H]3C2)c(-c2cnn(C(F)F)c2)cn1. The number of benzene rings is 1. The molecule has 2 aliphatic heterocycles. The van der Waals surface area contributed by atoms with Gasteiger partial charge in [0.1, 0.15) is 30.0 Å². The van der Waals surface area contributed by atoms with E-state index >= 15 is 0 Å². The highest BCUT2D eigenvalue weighted by molar-refractivity contribution is 6.30. The summed E-state index contributed by atoms with van der Waals surface area (Å²) < 4.78 is 52.1. The summed E-state index contributed by atoms with van der Waals surface area (Å²) in [6.07, 6.45) is 4.10. The fraction of sp³-hybridized carbons (Fsp3) is 0.333. The number of hydrogen-bond donors (Lipinski definition) is 1. The van der Waals surface area contributed by atoms with E-state index in [1.165, 1.54) is 30.6 Å². The number of hydrogen-bond acceptors (Lipinski definition) is 6. The number of amides is 2. The van der Waals surface area contributed by atoms with Crippen molar-refractivity contribution >= 4 is 23.6 Å². The molecule has 2 aliphatic rings. The van der Waals surface area contributed by atoms with Crippen LogP contribution in [-0.2, 0) is 11.3 Å². The number of piperidine rings is 1. The van der Waals surface area contributed by atoms with Gasteiger partial charge in [-0.25, -0.2) is 13.9 Å². The maximum absolute atomic E-state index is 14.1. The second-order valence-corrected chi connectivity index (χ2v) is 9.10. The second-order valence-electron chi connectivity index (χ2n) is 8.66. The van der Waals surface area contributed by atoms with E-state index in [4.69, 9.17) is 21.1 Å². The monoisotopic (exact) mass is 535 g/mol. The van der Waals surface area contributed by atoms with E-state index in [2.05, 4.69) is 15.4 Å². The fourth-order valence-corrected chi connectivity index (χ4v) is 4.50. The van der Waals surface area contributed by atoms with Crippen LogP contribution in [-0.4, -0.2) is 57.0 Å². The summed E-state index contributed by atoms with van der Waals surface area (Å²) in [7, 11) is 0. The number of cyclic esters (lactones) is 1. The van der Waals surface area contributed by atoms with Crippen LogP contribution in [0.4, 0.5) is 18.0 Å². The molecule has 3 aromatic rings. The molecule has 2 atom stereocenters. The molecule has 9 nitrogen and oxygen atoms in total. The normalized spacial score (nSPS) is 19.1. The van der Waals surface area contributed by atoms with Crippen LogP contribution in [0, 0.1) is 5.82 Å². The van der Waals surface area contributed by atoms with Crippen LogP contribution in [0.5, 0.6) is 5.75 Å². The molecule has 0 saturated carbocycles. The predicted octanol–water partition coefficient (Wildman–Crippen LogP) is 4.42. The molecule has 5 rings (SSSR count). The topological polar surface area (TPSA) is 98.6 Å². The number of rotatable bonds is 7. The minimum absolute atomic E-state index is 0.00816. The van der Waals surface area contributed by atoms with Gasteiger partial charge < -0.3 is 19.7 Å². The highest BCUT2D eigenvalue weighted by Crippen LogP contribution is 2.34. The van der Waals surface area contributed by atoms with Crippen molar-refractivity contribution in [1.82, 2.24) is 25.0 Å². The van der Waals surface area contributed by atoms with Crippen molar-refractivity contribution in [2.45, 2.75) is 38.1 Å². The molecule has 2 amide bonds. The van der Waals surface area contributed by atoms with Gasteiger partial charge in [-0.05, 0) is 12.1 Å². The molecule has 0 unspecified atom stereocenters. The van der Waals surface area contributed by atoms with Crippen LogP contribution in [0.3, 0.4) is 0 Å². The predicted molar refractivity (Wildman–Crippen MR) is 125 cm³/mol. The molecule has 2 aromatic heterocycles. The number of halogens is 4. The van der Waals surface area contributed by atoms with E-state index in [-0.39, 0.29) is 53.4 Å². The lowest BCUT2D eigenvalue weighted by Gasteiger charge is -2.32. The van der Waals surface area contributed by atoms with Crippen LogP contribution < -0.4 is 10.1 Å². The van der Waals surface area contributed by atoms with Crippen LogP contribution in [0.1, 0.15) is 35.4 Å². The maximum Gasteiger partial charge on any atom is 0.410 e. The van der Waals surface area contributed by atoms with Gasteiger partial charge in [-0.15, -0.1) is 0 Å². The van der Waals surface area contributed by atoms with Gasteiger partial charge in [0.25, 0.3) is 5.91 Å². The number of carbonyl (C=O) groups excluding carboxylic acids is 2. The lowest BCUT2D eigenvalue weighted by atomic mass is 10.0. The Labute approximate surface area is 214 Å². The Hall–Kier alpha value is -3.80. The molecular weight excluding hydrogens is 515 g/mol. The largest absolute Gasteiger partial charge is 0.489 e. The van der Waals surface area contributed by atoms with Crippen molar-refractivity contribution in [3.63, 3.8) is 0 Å². The molecule has 13 heteroatoms. The van der Waals surface area contributed by atoms with E-state index in [1.807, 2.05) is 0 Å². The molecule has 37 heavy (non-hydrogen) atoms. The molecule has 2 fully saturated rings. The van der Waals surface area contributed by atoms with Gasteiger partial charge in [-0.1, -0.05) is 17.7 Å². The number of alkyl halides is 2.